The van der Waals surface area contributed by atoms with E-state index in [1.165, 1.54) is 19.3 Å². The van der Waals surface area contributed by atoms with Crippen molar-refractivity contribution in [2.75, 3.05) is 13.1 Å². The lowest BCUT2D eigenvalue weighted by molar-refractivity contribution is 0.126. The van der Waals surface area contributed by atoms with Gasteiger partial charge in [-0.15, -0.1) is 0 Å². The summed E-state index contributed by atoms with van der Waals surface area (Å²) in [7, 11) is -3.73. The van der Waals surface area contributed by atoms with Gasteiger partial charge in [0.15, 0.2) is 0 Å². The van der Waals surface area contributed by atoms with Crippen molar-refractivity contribution in [1.29, 1.82) is 0 Å². The first-order chi connectivity index (χ1) is 13.1. The lowest BCUT2D eigenvalue weighted by Gasteiger charge is -2.35. The Labute approximate surface area is 159 Å². The van der Waals surface area contributed by atoms with Crippen molar-refractivity contribution in [3.05, 3.63) is 48.4 Å². The van der Waals surface area contributed by atoms with E-state index in [2.05, 4.69) is 14.9 Å². The van der Waals surface area contributed by atoms with Gasteiger partial charge in [0.25, 0.3) is 0 Å². The average molecular weight is 386 g/mol. The van der Waals surface area contributed by atoms with Crippen molar-refractivity contribution in [3.8, 4) is 5.88 Å². The third kappa shape index (κ3) is 2.92. The highest BCUT2D eigenvalue weighted by molar-refractivity contribution is 7.89. The molecule has 7 nitrogen and oxygen atoms in total. The Morgan fingerprint density at radius 2 is 1.93 bits per heavy atom. The quantitative estimate of drug-likeness (QED) is 0.799. The van der Waals surface area contributed by atoms with Crippen LogP contribution in [-0.2, 0) is 16.6 Å². The fourth-order valence-electron chi connectivity index (χ4n) is 4.19. The van der Waals surface area contributed by atoms with E-state index in [4.69, 9.17) is 4.74 Å². The minimum absolute atomic E-state index is 0.144. The molecule has 2 atom stereocenters. The second-order valence-electron chi connectivity index (χ2n) is 7.44. The molecule has 0 bridgehead atoms. The molecule has 0 unspecified atom stereocenters. The van der Waals surface area contributed by atoms with Gasteiger partial charge in [-0.3, -0.25) is 9.88 Å². The molecule has 0 radical (unpaired) electrons. The maximum atomic E-state index is 13.5. The minimum Gasteiger partial charge on any atom is -0.470 e. The second-order valence-corrected chi connectivity index (χ2v) is 9.30. The number of hydrogen-bond acceptors (Lipinski definition) is 6. The minimum atomic E-state index is -3.73. The second kappa shape index (κ2) is 6.54. The van der Waals surface area contributed by atoms with Crippen LogP contribution in [0.5, 0.6) is 5.88 Å². The van der Waals surface area contributed by atoms with Crippen LogP contribution in [0.1, 0.15) is 25.0 Å². The lowest BCUT2D eigenvalue weighted by atomic mass is 9.92. The van der Waals surface area contributed by atoms with E-state index in [0.29, 0.717) is 12.6 Å². The number of aromatic nitrogens is 2. The summed E-state index contributed by atoms with van der Waals surface area (Å²) in [5.74, 6) is 0.214. The Hall–Kier alpha value is -2.03. The van der Waals surface area contributed by atoms with Gasteiger partial charge in [-0.25, -0.2) is 13.4 Å². The predicted octanol–water partition coefficient (Wildman–Crippen LogP) is 1.67. The Bertz CT molecular complexity index is 933. The number of pyridine rings is 2. The molecular formula is C19H22N4O3S. The maximum Gasteiger partial charge on any atom is 0.249 e. The van der Waals surface area contributed by atoms with Gasteiger partial charge in [0.2, 0.25) is 15.9 Å². The van der Waals surface area contributed by atoms with Crippen molar-refractivity contribution in [2.24, 2.45) is 0 Å². The molecule has 2 aliphatic heterocycles. The van der Waals surface area contributed by atoms with Crippen molar-refractivity contribution in [1.82, 2.24) is 19.2 Å². The van der Waals surface area contributed by atoms with E-state index in [-0.39, 0.29) is 29.5 Å². The van der Waals surface area contributed by atoms with Gasteiger partial charge in [0.05, 0.1) is 18.3 Å². The number of ether oxygens (including phenoxy) is 1. The van der Waals surface area contributed by atoms with E-state index in [0.717, 1.165) is 12.2 Å². The molecule has 27 heavy (non-hydrogen) atoms. The number of hydrogen-bond donors (Lipinski definition) is 0. The summed E-state index contributed by atoms with van der Waals surface area (Å²) in [6, 6.07) is 9.09. The first-order valence-electron chi connectivity index (χ1n) is 9.40. The van der Waals surface area contributed by atoms with Crippen molar-refractivity contribution in [3.63, 3.8) is 0 Å². The molecule has 0 spiro atoms. The van der Waals surface area contributed by atoms with E-state index < -0.39 is 10.0 Å². The van der Waals surface area contributed by atoms with Gasteiger partial charge in [-0.05, 0) is 37.1 Å². The summed E-state index contributed by atoms with van der Waals surface area (Å²) in [6.07, 6.45) is 6.66. The molecular weight excluding hydrogens is 364 g/mol. The normalized spacial score (nSPS) is 27.9. The van der Waals surface area contributed by atoms with E-state index in [9.17, 15) is 8.42 Å². The highest BCUT2D eigenvalue weighted by Crippen LogP contribution is 2.38. The molecule has 2 aromatic rings. The fourth-order valence-corrected chi connectivity index (χ4v) is 5.88. The van der Waals surface area contributed by atoms with Crippen LogP contribution < -0.4 is 4.74 Å². The lowest BCUT2D eigenvalue weighted by Crippen LogP contribution is -2.46. The van der Waals surface area contributed by atoms with E-state index >= 15 is 0 Å². The van der Waals surface area contributed by atoms with Gasteiger partial charge >= 0.3 is 0 Å². The van der Waals surface area contributed by atoms with Crippen LogP contribution in [-0.4, -0.2) is 58.9 Å². The Kier molecular flexibility index (Phi) is 4.14. The summed E-state index contributed by atoms with van der Waals surface area (Å²) < 4.78 is 34.7. The molecule has 4 heterocycles. The summed E-state index contributed by atoms with van der Waals surface area (Å²) in [6.45, 7) is 1.66. The number of sulfonamides is 1. The molecule has 5 rings (SSSR count). The van der Waals surface area contributed by atoms with Crippen LogP contribution in [0.15, 0.2) is 47.6 Å². The predicted molar refractivity (Wildman–Crippen MR) is 98.6 cm³/mol. The zero-order valence-corrected chi connectivity index (χ0v) is 15.8. The van der Waals surface area contributed by atoms with Gasteiger partial charge < -0.3 is 4.74 Å². The molecule has 2 fully saturated rings. The smallest absolute Gasteiger partial charge is 0.249 e. The number of rotatable bonds is 3. The molecule has 1 aliphatic carbocycles. The molecule has 8 heteroatoms. The highest BCUT2D eigenvalue weighted by atomic mass is 32.2. The summed E-state index contributed by atoms with van der Waals surface area (Å²) in [4.78, 5) is 11.1. The fraction of sp³-hybridized carbons (Fsp3) is 0.474. The molecule has 1 saturated heterocycles. The molecule has 0 amide bonds. The van der Waals surface area contributed by atoms with Gasteiger partial charge in [0, 0.05) is 31.5 Å². The van der Waals surface area contributed by atoms with Crippen LogP contribution in [0.3, 0.4) is 0 Å². The third-order valence-electron chi connectivity index (χ3n) is 5.86. The summed E-state index contributed by atoms with van der Waals surface area (Å²) >= 11 is 0. The molecule has 0 aromatic carbocycles. The van der Waals surface area contributed by atoms with Crippen LogP contribution in [0.4, 0.5) is 0 Å². The summed E-state index contributed by atoms with van der Waals surface area (Å²) in [5.41, 5.74) is 0.731. The topological polar surface area (TPSA) is 75.6 Å². The number of fused-ring (bicyclic) bond motifs is 2. The van der Waals surface area contributed by atoms with Crippen LogP contribution in [0, 0.1) is 0 Å². The van der Waals surface area contributed by atoms with Gasteiger partial charge in [-0.1, -0.05) is 12.5 Å². The zero-order chi connectivity index (χ0) is 18.4. The number of nitrogens with zero attached hydrogens (tertiary/aromatic N) is 4. The van der Waals surface area contributed by atoms with Gasteiger partial charge in [0.1, 0.15) is 11.0 Å². The number of likely N-dealkylation sites (tertiary alicyclic amines) is 1. The zero-order valence-electron chi connectivity index (χ0n) is 14.9. The SMILES string of the molecule is O=S1(=O)c2cccnc2O[C@@H]2CN(C3CCC3)C[C@H]2N1Cc1ccccn1. The molecule has 3 aliphatic rings. The third-order valence-corrected chi connectivity index (χ3v) is 7.74. The largest absolute Gasteiger partial charge is 0.470 e. The van der Waals surface area contributed by atoms with Crippen LogP contribution >= 0.6 is 0 Å². The average Bonchev–Trinajstić information content (AvgIpc) is 2.98. The maximum absolute atomic E-state index is 13.5. The molecule has 1 saturated carbocycles. The first-order valence-corrected chi connectivity index (χ1v) is 10.8. The highest BCUT2D eigenvalue weighted by Gasteiger charge is 2.49. The van der Waals surface area contributed by atoms with E-state index in [1.54, 1.807) is 28.8 Å². The Morgan fingerprint density at radius 1 is 1.07 bits per heavy atom. The first kappa shape index (κ1) is 17.1. The van der Waals surface area contributed by atoms with Crippen LogP contribution in [0.25, 0.3) is 0 Å². The molecule has 0 N–H and O–H groups in total. The Balaban J connectivity index is 1.56. The van der Waals surface area contributed by atoms with Crippen molar-refractivity contribution >= 4 is 10.0 Å². The molecule has 2 aromatic heterocycles. The van der Waals surface area contributed by atoms with Crippen LogP contribution in [0.2, 0.25) is 0 Å². The molecule has 142 valence electrons. The standard InChI is InChI=1S/C19H22N4O3S/c24-27(25)18-8-4-10-21-19(18)26-17-13-22(15-6-3-7-15)12-16(17)23(27)11-14-5-1-2-9-20-14/h1-2,4-5,8-10,15-17H,3,6-7,11-13H2/t16-,17-/m1/s1. The van der Waals surface area contributed by atoms with Crippen molar-refractivity contribution in [2.45, 2.75) is 48.9 Å². The summed E-state index contributed by atoms with van der Waals surface area (Å²) in [5, 5.41) is 0. The Morgan fingerprint density at radius 3 is 2.67 bits per heavy atom. The monoisotopic (exact) mass is 386 g/mol. The van der Waals surface area contributed by atoms with Crippen molar-refractivity contribution < 1.29 is 13.2 Å². The van der Waals surface area contributed by atoms with E-state index in [1.807, 2.05) is 18.2 Å². The van der Waals surface area contributed by atoms with Gasteiger partial charge in [-0.2, -0.15) is 4.31 Å².